The van der Waals surface area contributed by atoms with E-state index in [1.54, 1.807) is 7.11 Å². The van der Waals surface area contributed by atoms with Crippen molar-refractivity contribution in [3.05, 3.63) is 53.7 Å². The largest absolute Gasteiger partial charge is 0.496 e. The van der Waals surface area contributed by atoms with Gasteiger partial charge in [-0.1, -0.05) is 32.0 Å². The molecule has 0 atom stereocenters. The van der Waals surface area contributed by atoms with Gasteiger partial charge in [0, 0.05) is 17.7 Å². The molecule has 0 aliphatic rings. The second kappa shape index (κ2) is 8.14. The lowest BCUT2D eigenvalue weighted by atomic mass is 9.95. The van der Waals surface area contributed by atoms with E-state index < -0.39 is 0 Å². The lowest BCUT2D eigenvalue weighted by Gasteiger charge is -2.19. The Hall–Kier alpha value is -3.32. The zero-order valence-corrected chi connectivity index (χ0v) is 16.3. The number of nitrogens with two attached hydrogens (primary N) is 3. The van der Waals surface area contributed by atoms with E-state index in [9.17, 15) is 0 Å². The Morgan fingerprint density at radius 2 is 1.82 bits per heavy atom. The molecule has 1 aromatic heterocycles. The molecule has 3 rings (SSSR count). The SMILES string of the molecule is COc1cc(C(C)C)c(Oc2cnc(N)nc2N)cc1-c1cccc(CN)c1. The molecule has 0 amide bonds. The number of nitrogens with zero attached hydrogens (tertiary/aromatic N) is 2. The number of ether oxygens (including phenoxy) is 2. The monoisotopic (exact) mass is 379 g/mol. The number of nitrogen functional groups attached to an aromatic ring is 2. The van der Waals surface area contributed by atoms with Gasteiger partial charge in [0.15, 0.2) is 11.6 Å². The fourth-order valence-corrected chi connectivity index (χ4v) is 2.97. The van der Waals surface area contributed by atoms with Crippen molar-refractivity contribution < 1.29 is 9.47 Å². The summed E-state index contributed by atoms with van der Waals surface area (Å²) in [6.45, 7) is 4.63. The molecule has 0 fully saturated rings. The highest BCUT2D eigenvalue weighted by Gasteiger charge is 2.17. The highest BCUT2D eigenvalue weighted by Crippen LogP contribution is 2.41. The number of benzene rings is 2. The molecule has 0 spiro atoms. The molecular weight excluding hydrogens is 354 g/mol. The maximum Gasteiger partial charge on any atom is 0.222 e. The topological polar surface area (TPSA) is 122 Å². The molecular formula is C21H25N5O2. The van der Waals surface area contributed by atoms with Crippen LogP contribution in [0.25, 0.3) is 11.1 Å². The summed E-state index contributed by atoms with van der Waals surface area (Å²) < 4.78 is 11.7. The molecule has 146 valence electrons. The van der Waals surface area contributed by atoms with E-state index in [1.165, 1.54) is 6.20 Å². The summed E-state index contributed by atoms with van der Waals surface area (Å²) in [6, 6.07) is 11.9. The minimum absolute atomic E-state index is 0.1000. The molecule has 0 unspecified atom stereocenters. The Kier molecular flexibility index (Phi) is 5.65. The molecule has 6 N–H and O–H groups in total. The van der Waals surface area contributed by atoms with Crippen molar-refractivity contribution >= 4 is 11.8 Å². The van der Waals surface area contributed by atoms with Gasteiger partial charge >= 0.3 is 0 Å². The predicted molar refractivity (Wildman–Crippen MR) is 111 cm³/mol. The Bertz CT molecular complexity index is 989. The number of hydrogen-bond donors (Lipinski definition) is 3. The maximum atomic E-state index is 6.09. The van der Waals surface area contributed by atoms with Crippen LogP contribution in [0.4, 0.5) is 11.8 Å². The average molecular weight is 379 g/mol. The van der Waals surface area contributed by atoms with Crippen molar-refractivity contribution in [2.45, 2.75) is 26.3 Å². The Labute approximate surface area is 164 Å². The third kappa shape index (κ3) is 3.99. The van der Waals surface area contributed by atoms with Crippen LogP contribution in [0.1, 0.15) is 30.9 Å². The van der Waals surface area contributed by atoms with Crippen molar-refractivity contribution in [2.24, 2.45) is 5.73 Å². The average Bonchev–Trinajstić information content (AvgIpc) is 2.69. The number of methoxy groups -OCH3 is 1. The smallest absolute Gasteiger partial charge is 0.222 e. The summed E-state index contributed by atoms with van der Waals surface area (Å²) in [6.07, 6.45) is 1.47. The van der Waals surface area contributed by atoms with Crippen molar-refractivity contribution in [1.82, 2.24) is 9.97 Å². The van der Waals surface area contributed by atoms with Crippen LogP contribution >= 0.6 is 0 Å². The predicted octanol–water partition coefficient (Wildman–Crippen LogP) is 3.69. The van der Waals surface area contributed by atoms with Gasteiger partial charge in [0.25, 0.3) is 0 Å². The van der Waals surface area contributed by atoms with Gasteiger partial charge in [0.05, 0.1) is 13.3 Å². The molecule has 0 bridgehead atoms. The van der Waals surface area contributed by atoms with E-state index in [-0.39, 0.29) is 17.7 Å². The van der Waals surface area contributed by atoms with Crippen molar-refractivity contribution in [1.29, 1.82) is 0 Å². The van der Waals surface area contributed by atoms with Gasteiger partial charge in [0.2, 0.25) is 5.95 Å². The first-order valence-corrected chi connectivity index (χ1v) is 9.00. The first kappa shape index (κ1) is 19.4. The van der Waals surface area contributed by atoms with E-state index in [2.05, 4.69) is 23.8 Å². The lowest BCUT2D eigenvalue weighted by molar-refractivity contribution is 0.412. The summed E-state index contributed by atoms with van der Waals surface area (Å²) in [5, 5.41) is 0. The molecule has 0 radical (unpaired) electrons. The zero-order chi connectivity index (χ0) is 20.3. The van der Waals surface area contributed by atoms with E-state index >= 15 is 0 Å². The summed E-state index contributed by atoms with van der Waals surface area (Å²) in [5.74, 6) is 2.25. The normalized spacial score (nSPS) is 10.9. The van der Waals surface area contributed by atoms with Crippen LogP contribution in [0.2, 0.25) is 0 Å². The molecule has 7 heteroatoms. The molecule has 2 aromatic carbocycles. The van der Waals surface area contributed by atoms with Crippen LogP contribution in [-0.4, -0.2) is 17.1 Å². The summed E-state index contributed by atoms with van der Waals surface area (Å²) >= 11 is 0. The van der Waals surface area contributed by atoms with Crippen molar-refractivity contribution in [2.75, 3.05) is 18.6 Å². The van der Waals surface area contributed by atoms with Crippen LogP contribution < -0.4 is 26.7 Å². The molecule has 0 saturated carbocycles. The number of rotatable bonds is 6. The third-order valence-corrected chi connectivity index (χ3v) is 4.45. The number of hydrogen-bond acceptors (Lipinski definition) is 7. The molecule has 0 saturated heterocycles. The van der Waals surface area contributed by atoms with E-state index in [1.807, 2.05) is 36.4 Å². The van der Waals surface area contributed by atoms with Crippen LogP contribution in [0, 0.1) is 0 Å². The number of aromatic nitrogens is 2. The van der Waals surface area contributed by atoms with Crippen LogP contribution in [0.3, 0.4) is 0 Å². The quantitative estimate of drug-likeness (QED) is 0.597. The highest BCUT2D eigenvalue weighted by molar-refractivity contribution is 5.74. The molecule has 28 heavy (non-hydrogen) atoms. The third-order valence-electron chi connectivity index (χ3n) is 4.45. The molecule has 0 aliphatic carbocycles. The van der Waals surface area contributed by atoms with Crippen molar-refractivity contribution in [3.63, 3.8) is 0 Å². The fraction of sp³-hybridized carbons (Fsp3) is 0.238. The van der Waals surface area contributed by atoms with Gasteiger partial charge in [-0.3, -0.25) is 0 Å². The van der Waals surface area contributed by atoms with Crippen LogP contribution in [0.15, 0.2) is 42.6 Å². The Morgan fingerprint density at radius 3 is 2.46 bits per heavy atom. The second-order valence-electron chi connectivity index (χ2n) is 6.73. The van der Waals surface area contributed by atoms with E-state index in [0.717, 1.165) is 28.0 Å². The zero-order valence-electron chi connectivity index (χ0n) is 16.3. The van der Waals surface area contributed by atoms with E-state index in [4.69, 9.17) is 26.7 Å². The first-order chi connectivity index (χ1) is 13.4. The molecule has 0 aliphatic heterocycles. The number of anilines is 2. The van der Waals surface area contributed by atoms with Crippen LogP contribution in [-0.2, 0) is 6.54 Å². The fourth-order valence-electron chi connectivity index (χ4n) is 2.97. The van der Waals surface area contributed by atoms with Gasteiger partial charge in [-0.15, -0.1) is 0 Å². The maximum absolute atomic E-state index is 6.09. The summed E-state index contributed by atoms with van der Waals surface area (Å²) in [5.41, 5.74) is 21.2. The van der Waals surface area contributed by atoms with Gasteiger partial charge in [-0.25, -0.2) is 4.98 Å². The van der Waals surface area contributed by atoms with Gasteiger partial charge in [0.1, 0.15) is 11.5 Å². The molecule has 7 nitrogen and oxygen atoms in total. The Morgan fingerprint density at radius 1 is 1.04 bits per heavy atom. The van der Waals surface area contributed by atoms with Gasteiger partial charge in [-0.2, -0.15) is 4.98 Å². The molecule has 1 heterocycles. The van der Waals surface area contributed by atoms with Gasteiger partial charge in [-0.05, 0) is 35.2 Å². The summed E-state index contributed by atoms with van der Waals surface area (Å²) in [7, 11) is 1.65. The van der Waals surface area contributed by atoms with E-state index in [0.29, 0.717) is 18.0 Å². The minimum atomic E-state index is 0.1000. The van der Waals surface area contributed by atoms with Crippen LogP contribution in [0.5, 0.6) is 17.2 Å². The second-order valence-corrected chi connectivity index (χ2v) is 6.73. The molecule has 3 aromatic rings. The Balaban J connectivity index is 2.14. The highest BCUT2D eigenvalue weighted by atomic mass is 16.5. The minimum Gasteiger partial charge on any atom is -0.496 e. The van der Waals surface area contributed by atoms with Crippen molar-refractivity contribution in [3.8, 4) is 28.4 Å². The summed E-state index contributed by atoms with van der Waals surface area (Å²) in [4.78, 5) is 7.93. The lowest BCUT2D eigenvalue weighted by Crippen LogP contribution is -2.03. The standard InChI is InChI=1S/C21H25N5O2/c1-12(2)15-8-17(27-3)16(14-6-4-5-13(7-14)10-22)9-18(15)28-19-11-25-21(24)26-20(19)23/h4-9,11-12H,10,22H2,1-3H3,(H4,23,24,25,26). The van der Waals surface area contributed by atoms with Gasteiger partial charge < -0.3 is 26.7 Å². The first-order valence-electron chi connectivity index (χ1n) is 9.00.